The van der Waals surface area contributed by atoms with Crippen molar-refractivity contribution in [3.63, 3.8) is 0 Å². The number of amides is 3. The fourth-order valence-electron chi connectivity index (χ4n) is 2.21. The third-order valence-corrected chi connectivity index (χ3v) is 3.77. The maximum absolute atomic E-state index is 13.6. The van der Waals surface area contributed by atoms with Crippen molar-refractivity contribution in [1.82, 2.24) is 14.6 Å². The molecule has 0 spiro atoms. The fraction of sp³-hybridized carbons (Fsp3) is 0.0714. The molecule has 1 aliphatic rings. The van der Waals surface area contributed by atoms with E-state index >= 15 is 0 Å². The molecule has 1 fully saturated rings. The summed E-state index contributed by atoms with van der Waals surface area (Å²) in [5, 5.41) is 2.38. The number of nitrogens with zero attached hydrogens (tertiary/aromatic N) is 2. The molecular weight excluding hydrogens is 312 g/mol. The first-order chi connectivity index (χ1) is 10.6. The van der Waals surface area contributed by atoms with E-state index in [4.69, 9.17) is 0 Å². The molecule has 1 aromatic heterocycles. The van der Waals surface area contributed by atoms with Gasteiger partial charge in [0.25, 0.3) is 5.91 Å². The van der Waals surface area contributed by atoms with Gasteiger partial charge >= 0.3 is 6.03 Å². The lowest BCUT2D eigenvalue weighted by Crippen LogP contribution is -2.22. The molecule has 1 aliphatic heterocycles. The Morgan fingerprint density at radius 1 is 1.18 bits per heavy atom. The monoisotopic (exact) mass is 321 g/mol. The molecule has 8 heteroatoms. The van der Waals surface area contributed by atoms with Crippen molar-refractivity contribution in [2.75, 3.05) is 0 Å². The second kappa shape index (κ2) is 5.72. The topological polar surface area (TPSA) is 62.3 Å². The molecule has 3 rings (SSSR count). The van der Waals surface area contributed by atoms with E-state index in [0.717, 1.165) is 0 Å². The molecule has 1 atom stereocenters. The van der Waals surface area contributed by atoms with E-state index in [0.29, 0.717) is 21.0 Å². The highest BCUT2D eigenvalue weighted by Gasteiger charge is 2.40. The van der Waals surface area contributed by atoms with Crippen molar-refractivity contribution in [2.24, 2.45) is 0 Å². The van der Waals surface area contributed by atoms with Crippen LogP contribution in [0.3, 0.4) is 0 Å². The van der Waals surface area contributed by atoms with E-state index in [9.17, 15) is 17.9 Å². The van der Waals surface area contributed by atoms with Crippen LogP contribution in [0, 0.1) is 5.95 Å². The van der Waals surface area contributed by atoms with Crippen LogP contribution in [0.2, 0.25) is 0 Å². The minimum Gasteiger partial charge on any atom is -0.321 e. The van der Waals surface area contributed by atoms with E-state index in [1.165, 1.54) is 6.20 Å². The number of hydrogen-bond donors (Lipinski definition) is 1. The van der Waals surface area contributed by atoms with Gasteiger partial charge in [0.1, 0.15) is 6.04 Å². The van der Waals surface area contributed by atoms with Gasteiger partial charge in [0.05, 0.1) is 0 Å². The van der Waals surface area contributed by atoms with Gasteiger partial charge in [-0.3, -0.25) is 4.79 Å². The molecule has 1 aromatic carbocycles. The largest absolute Gasteiger partial charge is 0.337 e. The minimum absolute atomic E-state index is 0.330. The summed E-state index contributed by atoms with van der Waals surface area (Å²) in [6.45, 7) is 0. The van der Waals surface area contributed by atoms with Crippen LogP contribution in [0.4, 0.5) is 13.1 Å². The Morgan fingerprint density at radius 3 is 2.50 bits per heavy atom. The highest BCUT2D eigenvalue weighted by Crippen LogP contribution is 2.29. The highest BCUT2D eigenvalue weighted by molar-refractivity contribution is 7.93. The second-order valence-corrected chi connectivity index (χ2v) is 5.05. The molecule has 2 heterocycles. The van der Waals surface area contributed by atoms with Crippen molar-refractivity contribution in [3.8, 4) is 11.1 Å². The Kier molecular flexibility index (Phi) is 3.76. The maximum Gasteiger partial charge on any atom is 0.337 e. The lowest BCUT2D eigenvalue weighted by atomic mass is 10.0. The molecule has 1 unspecified atom stereocenters. The van der Waals surface area contributed by atoms with E-state index in [2.05, 4.69) is 10.3 Å². The molecule has 0 radical (unpaired) electrons. The summed E-state index contributed by atoms with van der Waals surface area (Å²) >= 11 is -0.437. The molecule has 2 aromatic rings. The van der Waals surface area contributed by atoms with Crippen LogP contribution < -0.4 is 5.32 Å². The molecule has 3 amide bonds. The second-order valence-electron chi connectivity index (χ2n) is 4.55. The van der Waals surface area contributed by atoms with Crippen LogP contribution in [0.1, 0.15) is 11.6 Å². The van der Waals surface area contributed by atoms with E-state index in [1.54, 1.807) is 36.4 Å². The molecule has 5 nitrogen and oxygen atoms in total. The normalized spacial score (nSPS) is 17.7. The predicted octanol–water partition coefficient (Wildman–Crippen LogP) is 3.01. The smallest absolute Gasteiger partial charge is 0.321 e. The summed E-state index contributed by atoms with van der Waals surface area (Å²) in [6, 6.07) is 7.84. The zero-order chi connectivity index (χ0) is 15.7. The zero-order valence-electron chi connectivity index (χ0n) is 11.0. The molecule has 1 N–H and O–H groups in total. The Morgan fingerprint density at radius 2 is 1.91 bits per heavy atom. The lowest BCUT2D eigenvalue weighted by molar-refractivity contribution is -0.124. The van der Waals surface area contributed by atoms with Crippen LogP contribution in [-0.4, -0.2) is 21.2 Å². The quantitative estimate of drug-likeness (QED) is 0.536. The summed E-state index contributed by atoms with van der Waals surface area (Å²) in [4.78, 5) is 26.8. The summed E-state index contributed by atoms with van der Waals surface area (Å²) in [5.41, 5.74) is 1.41. The van der Waals surface area contributed by atoms with Gasteiger partial charge in [0.2, 0.25) is 5.95 Å². The van der Waals surface area contributed by atoms with Crippen molar-refractivity contribution >= 4 is 24.3 Å². The van der Waals surface area contributed by atoms with Crippen molar-refractivity contribution < 1.29 is 17.9 Å². The van der Waals surface area contributed by atoms with E-state index in [1.807, 2.05) is 0 Å². The number of nitrogens with one attached hydrogen (secondary N) is 1. The van der Waals surface area contributed by atoms with Crippen LogP contribution in [-0.2, 0) is 4.79 Å². The number of halogens is 2. The number of pyridine rings is 1. The summed E-state index contributed by atoms with van der Waals surface area (Å²) in [6.07, 6.45) is 1.35. The fourth-order valence-corrected chi connectivity index (χ4v) is 2.50. The van der Waals surface area contributed by atoms with Crippen molar-refractivity contribution in [2.45, 2.75) is 6.04 Å². The SMILES string of the molecule is O=C1NC(c2ccc(-c3cccnc3F)cc2)C(=O)N1SF. The minimum atomic E-state index is -0.941. The molecule has 0 saturated carbocycles. The van der Waals surface area contributed by atoms with Crippen LogP contribution in [0.5, 0.6) is 0 Å². The van der Waals surface area contributed by atoms with Crippen LogP contribution in [0.15, 0.2) is 42.6 Å². The summed E-state index contributed by atoms with van der Waals surface area (Å²) in [7, 11) is 0. The van der Waals surface area contributed by atoms with Crippen molar-refractivity contribution in [1.29, 1.82) is 0 Å². The average Bonchev–Trinajstić information content (AvgIpc) is 2.82. The van der Waals surface area contributed by atoms with Gasteiger partial charge in [-0.1, -0.05) is 24.3 Å². The first-order valence-electron chi connectivity index (χ1n) is 6.26. The van der Waals surface area contributed by atoms with E-state index in [-0.39, 0.29) is 0 Å². The average molecular weight is 321 g/mol. The molecule has 112 valence electrons. The number of carbonyl (C=O) groups excluding carboxylic acids is 2. The van der Waals surface area contributed by atoms with E-state index < -0.39 is 36.3 Å². The molecule has 22 heavy (non-hydrogen) atoms. The Labute approximate surface area is 128 Å². The predicted molar refractivity (Wildman–Crippen MR) is 76.4 cm³/mol. The molecule has 0 aliphatic carbocycles. The van der Waals surface area contributed by atoms with Crippen molar-refractivity contribution in [3.05, 3.63) is 54.1 Å². The Bertz CT molecular complexity index is 739. The van der Waals surface area contributed by atoms with Crippen LogP contribution in [0.25, 0.3) is 11.1 Å². The van der Waals surface area contributed by atoms with Gasteiger partial charge in [-0.15, -0.1) is 3.89 Å². The first-order valence-corrected chi connectivity index (χ1v) is 6.93. The number of rotatable bonds is 3. The molecular formula is C14H9F2N3O2S. The number of urea groups is 1. The van der Waals surface area contributed by atoms with Gasteiger partial charge in [0, 0.05) is 11.8 Å². The number of benzene rings is 1. The number of carbonyl (C=O) groups is 2. The van der Waals surface area contributed by atoms with Gasteiger partial charge < -0.3 is 5.32 Å². The van der Waals surface area contributed by atoms with Gasteiger partial charge in [-0.25, -0.2) is 9.78 Å². The molecule has 1 saturated heterocycles. The Balaban J connectivity index is 1.88. The lowest BCUT2D eigenvalue weighted by Gasteiger charge is -2.09. The third-order valence-electron chi connectivity index (χ3n) is 3.28. The third kappa shape index (κ3) is 2.41. The molecule has 0 bridgehead atoms. The van der Waals surface area contributed by atoms with Crippen LogP contribution >= 0.6 is 12.3 Å². The maximum atomic E-state index is 13.6. The van der Waals surface area contributed by atoms with Gasteiger partial charge in [-0.2, -0.15) is 8.70 Å². The Hall–Kier alpha value is -2.48. The first kappa shape index (κ1) is 14.5. The number of hydrogen-bond acceptors (Lipinski definition) is 4. The summed E-state index contributed by atoms with van der Waals surface area (Å²) in [5.74, 6) is -1.28. The number of imide groups is 1. The number of aromatic nitrogens is 1. The standard InChI is InChI=1S/C14H9F2N3O2S/c15-12-10(2-1-7-17-12)8-3-5-9(6-4-8)11-13(20)19(22-16)14(21)18-11/h1-7,11H,(H,18,21). The zero-order valence-corrected chi connectivity index (χ0v) is 11.8. The van der Waals surface area contributed by atoms with Gasteiger partial charge in [-0.05, 0) is 23.3 Å². The summed E-state index contributed by atoms with van der Waals surface area (Å²) < 4.78 is 26.6. The highest BCUT2D eigenvalue weighted by atomic mass is 32.2. The van der Waals surface area contributed by atoms with Gasteiger partial charge in [0.15, 0.2) is 12.3 Å².